The third-order valence-electron chi connectivity index (χ3n) is 4.70. The van der Waals surface area contributed by atoms with E-state index >= 15 is 0 Å². The van der Waals surface area contributed by atoms with E-state index in [1.165, 1.54) is 7.11 Å². The number of rotatable bonds is 4. The number of methoxy groups -OCH3 is 1. The van der Waals surface area contributed by atoms with Crippen LogP contribution in [0.15, 0.2) is 30.3 Å². The molecule has 1 aromatic rings. The molecule has 0 aromatic heterocycles. The summed E-state index contributed by atoms with van der Waals surface area (Å²) in [4.78, 5) is 38.0. The Morgan fingerprint density at radius 2 is 1.83 bits per heavy atom. The minimum atomic E-state index is -0.512. The number of carbonyl (C=O) groups excluding carboxylic acids is 3. The Balaban J connectivity index is 1.60. The van der Waals surface area contributed by atoms with Crippen LogP contribution in [-0.2, 0) is 19.1 Å². The van der Waals surface area contributed by atoms with E-state index in [0.717, 1.165) is 5.69 Å². The van der Waals surface area contributed by atoms with E-state index in [4.69, 9.17) is 4.74 Å². The lowest BCUT2D eigenvalue weighted by atomic mass is 9.73. The van der Waals surface area contributed by atoms with Crippen LogP contribution >= 0.6 is 0 Å². The second kappa shape index (κ2) is 6.40. The van der Waals surface area contributed by atoms with E-state index in [0.29, 0.717) is 25.8 Å². The maximum Gasteiger partial charge on any atom is 0.309 e. The van der Waals surface area contributed by atoms with Crippen LogP contribution in [0.5, 0.6) is 0 Å². The molecule has 6 nitrogen and oxygen atoms in total. The van der Waals surface area contributed by atoms with E-state index in [2.05, 4.69) is 5.32 Å². The van der Waals surface area contributed by atoms with Gasteiger partial charge in [0, 0.05) is 12.2 Å². The van der Waals surface area contributed by atoms with Gasteiger partial charge in [-0.1, -0.05) is 18.2 Å². The summed E-state index contributed by atoms with van der Waals surface area (Å²) in [6.45, 7) is 0.582. The average Bonchev–Trinajstić information content (AvgIpc) is 2.88. The van der Waals surface area contributed by atoms with E-state index in [9.17, 15) is 14.4 Å². The minimum Gasteiger partial charge on any atom is -0.469 e. The molecule has 3 atom stereocenters. The summed E-state index contributed by atoms with van der Waals surface area (Å²) in [5.41, 5.74) is 0.838. The zero-order valence-electron chi connectivity index (χ0n) is 13.0. The van der Waals surface area contributed by atoms with Crippen molar-refractivity contribution in [2.24, 2.45) is 11.8 Å². The van der Waals surface area contributed by atoms with Gasteiger partial charge in [0.25, 0.3) is 0 Å². The van der Waals surface area contributed by atoms with Crippen molar-refractivity contribution in [3.8, 4) is 0 Å². The standard InChI is InChI=1S/C17H20N2O4/c1-23-17(22)13-8-7-12(13)15(20)18-14-9-10-19(16(14)21)11-5-3-2-4-6-11/h2-6,12-14H,7-10H2,1H3,(H,18,20)/t12-,13-,14+/m1/s1. The first-order chi connectivity index (χ1) is 11.1. The van der Waals surface area contributed by atoms with Crippen molar-refractivity contribution in [1.29, 1.82) is 0 Å². The first-order valence-corrected chi connectivity index (χ1v) is 7.86. The number of benzene rings is 1. The molecule has 122 valence electrons. The highest BCUT2D eigenvalue weighted by atomic mass is 16.5. The van der Waals surface area contributed by atoms with Crippen molar-refractivity contribution in [2.75, 3.05) is 18.6 Å². The zero-order chi connectivity index (χ0) is 16.4. The predicted molar refractivity (Wildman–Crippen MR) is 83.6 cm³/mol. The lowest BCUT2D eigenvalue weighted by Gasteiger charge is -2.33. The fraction of sp³-hybridized carbons (Fsp3) is 0.471. The minimum absolute atomic E-state index is 0.0986. The molecule has 2 aliphatic rings. The Kier molecular flexibility index (Phi) is 4.32. The summed E-state index contributed by atoms with van der Waals surface area (Å²) in [6, 6.07) is 8.89. The van der Waals surface area contributed by atoms with Crippen LogP contribution in [0.3, 0.4) is 0 Å². The molecular formula is C17H20N2O4. The molecule has 2 fully saturated rings. The van der Waals surface area contributed by atoms with E-state index in [1.54, 1.807) is 4.90 Å². The van der Waals surface area contributed by atoms with Gasteiger partial charge in [0.1, 0.15) is 6.04 Å². The smallest absolute Gasteiger partial charge is 0.309 e. The molecule has 3 rings (SSSR count). The molecule has 6 heteroatoms. The topological polar surface area (TPSA) is 75.7 Å². The van der Waals surface area contributed by atoms with Gasteiger partial charge < -0.3 is 15.0 Å². The molecule has 1 heterocycles. The Morgan fingerprint density at radius 3 is 2.43 bits per heavy atom. The van der Waals surface area contributed by atoms with Crippen molar-refractivity contribution in [3.05, 3.63) is 30.3 Å². The third-order valence-corrected chi connectivity index (χ3v) is 4.70. The summed E-state index contributed by atoms with van der Waals surface area (Å²) < 4.78 is 4.71. The molecule has 23 heavy (non-hydrogen) atoms. The second-order valence-electron chi connectivity index (χ2n) is 5.99. The van der Waals surface area contributed by atoms with E-state index in [-0.39, 0.29) is 29.6 Å². The molecular weight excluding hydrogens is 296 g/mol. The number of para-hydroxylation sites is 1. The van der Waals surface area contributed by atoms with E-state index in [1.807, 2.05) is 30.3 Å². The Morgan fingerprint density at radius 1 is 1.13 bits per heavy atom. The van der Waals surface area contributed by atoms with Crippen LogP contribution in [0.1, 0.15) is 19.3 Å². The van der Waals surface area contributed by atoms with Crippen molar-refractivity contribution in [2.45, 2.75) is 25.3 Å². The van der Waals surface area contributed by atoms with Crippen LogP contribution in [0, 0.1) is 11.8 Å². The number of nitrogens with zero attached hydrogens (tertiary/aromatic N) is 1. The average molecular weight is 316 g/mol. The quantitative estimate of drug-likeness (QED) is 0.844. The maximum atomic E-state index is 12.5. The van der Waals surface area contributed by atoms with Gasteiger partial charge >= 0.3 is 5.97 Å². The molecule has 1 N–H and O–H groups in total. The SMILES string of the molecule is COC(=O)[C@@H]1CC[C@H]1C(=O)N[C@H]1CCN(c2ccccc2)C1=O. The summed E-state index contributed by atoms with van der Waals surface area (Å²) in [7, 11) is 1.33. The molecule has 1 aliphatic heterocycles. The van der Waals surface area contributed by atoms with Gasteiger partial charge in [-0.15, -0.1) is 0 Å². The van der Waals surface area contributed by atoms with Gasteiger partial charge in [-0.3, -0.25) is 14.4 Å². The van der Waals surface area contributed by atoms with Crippen molar-refractivity contribution in [3.63, 3.8) is 0 Å². The molecule has 1 aromatic carbocycles. The highest BCUT2D eigenvalue weighted by Crippen LogP contribution is 2.35. The number of anilines is 1. The van der Waals surface area contributed by atoms with Crippen LogP contribution in [0.4, 0.5) is 5.69 Å². The van der Waals surface area contributed by atoms with Crippen molar-refractivity contribution in [1.82, 2.24) is 5.32 Å². The van der Waals surface area contributed by atoms with Gasteiger partial charge in [0.05, 0.1) is 18.9 Å². The van der Waals surface area contributed by atoms with Crippen LogP contribution < -0.4 is 10.2 Å². The molecule has 1 saturated heterocycles. The summed E-state index contributed by atoms with van der Waals surface area (Å²) in [5.74, 6) is -1.42. The molecule has 1 saturated carbocycles. The van der Waals surface area contributed by atoms with Gasteiger partial charge in [0.2, 0.25) is 11.8 Å². The highest BCUT2D eigenvalue weighted by Gasteiger charge is 2.44. The molecule has 1 aliphatic carbocycles. The summed E-state index contributed by atoms with van der Waals surface area (Å²) >= 11 is 0. The molecule has 0 unspecified atom stereocenters. The van der Waals surface area contributed by atoms with Gasteiger partial charge in [-0.2, -0.15) is 0 Å². The largest absolute Gasteiger partial charge is 0.469 e. The van der Waals surface area contributed by atoms with Crippen LogP contribution in [0.25, 0.3) is 0 Å². The summed E-state index contributed by atoms with van der Waals surface area (Å²) in [5, 5.41) is 2.80. The fourth-order valence-electron chi connectivity index (χ4n) is 3.20. The second-order valence-corrected chi connectivity index (χ2v) is 5.99. The van der Waals surface area contributed by atoms with Gasteiger partial charge in [0.15, 0.2) is 0 Å². The highest BCUT2D eigenvalue weighted by molar-refractivity contribution is 6.01. The van der Waals surface area contributed by atoms with Crippen LogP contribution in [0.2, 0.25) is 0 Å². The Labute approximate surface area is 134 Å². The maximum absolute atomic E-state index is 12.5. The first-order valence-electron chi connectivity index (χ1n) is 7.86. The fourth-order valence-corrected chi connectivity index (χ4v) is 3.20. The van der Waals surface area contributed by atoms with Crippen molar-refractivity contribution < 1.29 is 19.1 Å². The van der Waals surface area contributed by atoms with Gasteiger partial charge in [-0.25, -0.2) is 0 Å². The number of esters is 1. The van der Waals surface area contributed by atoms with Gasteiger partial charge in [-0.05, 0) is 31.4 Å². The predicted octanol–water partition coefficient (Wildman–Crippen LogP) is 1.11. The monoisotopic (exact) mass is 316 g/mol. The summed E-state index contributed by atoms with van der Waals surface area (Å²) in [6.07, 6.45) is 1.91. The number of hydrogen-bond acceptors (Lipinski definition) is 4. The third kappa shape index (κ3) is 2.93. The Bertz CT molecular complexity index is 616. The lowest BCUT2D eigenvalue weighted by molar-refractivity contribution is -0.156. The molecule has 0 bridgehead atoms. The van der Waals surface area contributed by atoms with E-state index < -0.39 is 6.04 Å². The number of hydrogen-bond donors (Lipinski definition) is 1. The number of ether oxygens (including phenoxy) is 1. The molecule has 2 amide bonds. The number of carbonyl (C=O) groups is 3. The first kappa shape index (κ1) is 15.5. The zero-order valence-corrected chi connectivity index (χ0v) is 13.0. The van der Waals surface area contributed by atoms with Crippen LogP contribution in [-0.4, -0.2) is 37.5 Å². The number of amides is 2. The molecule has 0 spiro atoms. The molecule has 0 radical (unpaired) electrons. The lowest BCUT2D eigenvalue weighted by Crippen LogP contribution is -2.49. The Hall–Kier alpha value is -2.37. The normalized spacial score (nSPS) is 26.6. The number of nitrogens with one attached hydrogen (secondary N) is 1. The van der Waals surface area contributed by atoms with Crippen molar-refractivity contribution >= 4 is 23.5 Å².